The second-order valence-electron chi connectivity index (χ2n) is 3.46. The Labute approximate surface area is 107 Å². The van der Waals surface area contributed by atoms with Gasteiger partial charge in [-0.3, -0.25) is 4.99 Å². The van der Waals surface area contributed by atoms with Crippen LogP contribution in [0, 0.1) is 0 Å². The van der Waals surface area contributed by atoms with E-state index in [-0.39, 0.29) is 0 Å². The van der Waals surface area contributed by atoms with Crippen LogP contribution in [0.5, 0.6) is 5.75 Å². The molecule has 0 saturated carbocycles. The van der Waals surface area contributed by atoms with Crippen molar-refractivity contribution in [2.45, 2.75) is 6.42 Å². The lowest BCUT2D eigenvalue weighted by Gasteiger charge is -2.10. The zero-order valence-electron chi connectivity index (χ0n) is 10.4. The van der Waals surface area contributed by atoms with Crippen molar-refractivity contribution in [3.8, 4) is 5.75 Å². The smallest absolute Gasteiger partial charge is 0.190 e. The molecule has 2 N–H and O–H groups in total. The number of aliphatic imine (C=N–C) groups is 1. The monoisotopic (exact) mass is 255 g/mol. The third kappa shape index (κ3) is 4.15. The number of benzene rings is 1. The van der Waals surface area contributed by atoms with Crippen LogP contribution in [0.1, 0.15) is 5.56 Å². The Bertz CT molecular complexity index is 393. The van der Waals surface area contributed by atoms with Crippen molar-refractivity contribution in [1.82, 2.24) is 10.6 Å². The first-order chi connectivity index (χ1) is 8.21. The van der Waals surface area contributed by atoms with E-state index in [0.717, 1.165) is 35.3 Å². The van der Waals surface area contributed by atoms with Gasteiger partial charge >= 0.3 is 0 Å². The zero-order valence-corrected chi connectivity index (χ0v) is 11.1. The zero-order chi connectivity index (χ0) is 12.7. The summed E-state index contributed by atoms with van der Waals surface area (Å²) in [6, 6.07) is 5.71. The van der Waals surface area contributed by atoms with Crippen LogP contribution in [0.2, 0.25) is 5.02 Å². The summed E-state index contributed by atoms with van der Waals surface area (Å²) in [5, 5.41) is 6.86. The first-order valence-electron chi connectivity index (χ1n) is 5.42. The van der Waals surface area contributed by atoms with E-state index in [1.165, 1.54) is 0 Å². The molecule has 0 atom stereocenters. The number of guanidine groups is 1. The molecule has 1 rings (SSSR count). The van der Waals surface area contributed by atoms with Gasteiger partial charge < -0.3 is 15.4 Å². The van der Waals surface area contributed by atoms with Gasteiger partial charge in [-0.25, -0.2) is 0 Å². The molecule has 0 amide bonds. The van der Waals surface area contributed by atoms with Crippen molar-refractivity contribution >= 4 is 17.6 Å². The van der Waals surface area contributed by atoms with E-state index in [9.17, 15) is 0 Å². The van der Waals surface area contributed by atoms with Crippen LogP contribution in [0.15, 0.2) is 23.2 Å². The molecule has 5 heteroatoms. The van der Waals surface area contributed by atoms with Gasteiger partial charge in [0.2, 0.25) is 0 Å². The van der Waals surface area contributed by atoms with Crippen LogP contribution in [-0.2, 0) is 6.42 Å². The molecule has 0 bridgehead atoms. The lowest BCUT2D eigenvalue weighted by Crippen LogP contribution is -2.35. The van der Waals surface area contributed by atoms with Crippen molar-refractivity contribution in [3.63, 3.8) is 0 Å². The number of hydrogen-bond acceptors (Lipinski definition) is 2. The van der Waals surface area contributed by atoms with Crippen molar-refractivity contribution in [2.75, 3.05) is 27.7 Å². The van der Waals surface area contributed by atoms with Crippen molar-refractivity contribution < 1.29 is 4.74 Å². The predicted octanol–water partition coefficient (Wildman–Crippen LogP) is 1.69. The molecule has 94 valence electrons. The van der Waals surface area contributed by atoms with E-state index in [0.29, 0.717) is 0 Å². The van der Waals surface area contributed by atoms with E-state index in [4.69, 9.17) is 16.3 Å². The Hall–Kier alpha value is -1.42. The molecule has 0 fully saturated rings. The van der Waals surface area contributed by atoms with Gasteiger partial charge in [-0.2, -0.15) is 0 Å². The van der Waals surface area contributed by atoms with Gasteiger partial charge in [0, 0.05) is 25.7 Å². The fourth-order valence-electron chi connectivity index (χ4n) is 1.45. The van der Waals surface area contributed by atoms with Crippen molar-refractivity contribution in [2.24, 2.45) is 4.99 Å². The summed E-state index contributed by atoms with van der Waals surface area (Å²) in [5.74, 6) is 1.55. The van der Waals surface area contributed by atoms with Crippen LogP contribution >= 0.6 is 11.6 Å². The topological polar surface area (TPSA) is 45.7 Å². The van der Waals surface area contributed by atoms with Gasteiger partial charge in [0.15, 0.2) is 5.96 Å². The summed E-state index contributed by atoms with van der Waals surface area (Å²) in [5.41, 5.74) is 1.09. The van der Waals surface area contributed by atoms with E-state index in [2.05, 4.69) is 15.6 Å². The Morgan fingerprint density at radius 2 is 2.24 bits per heavy atom. The van der Waals surface area contributed by atoms with Crippen LogP contribution < -0.4 is 15.4 Å². The van der Waals surface area contributed by atoms with Gasteiger partial charge in [-0.1, -0.05) is 17.7 Å². The molecule has 0 heterocycles. The molecule has 0 aliphatic rings. The highest BCUT2D eigenvalue weighted by Gasteiger charge is 2.02. The molecule has 17 heavy (non-hydrogen) atoms. The van der Waals surface area contributed by atoms with Gasteiger partial charge in [0.05, 0.1) is 7.11 Å². The predicted molar refractivity (Wildman–Crippen MR) is 72.1 cm³/mol. The molecule has 0 radical (unpaired) electrons. The number of rotatable bonds is 4. The number of nitrogens with one attached hydrogen (secondary N) is 2. The molecule has 0 spiro atoms. The third-order valence-corrected chi connectivity index (χ3v) is 2.76. The summed E-state index contributed by atoms with van der Waals surface area (Å²) in [4.78, 5) is 4.03. The second-order valence-corrected chi connectivity index (χ2v) is 3.86. The minimum absolute atomic E-state index is 0.727. The molecule has 0 aliphatic carbocycles. The average molecular weight is 256 g/mol. The molecule has 0 unspecified atom stereocenters. The van der Waals surface area contributed by atoms with Crippen LogP contribution in [-0.4, -0.2) is 33.7 Å². The Morgan fingerprint density at radius 1 is 1.47 bits per heavy atom. The minimum atomic E-state index is 0.727. The molecule has 0 aliphatic heterocycles. The first-order valence-corrected chi connectivity index (χ1v) is 5.80. The molecular formula is C12H18ClN3O. The third-order valence-electron chi connectivity index (χ3n) is 2.41. The molecule has 0 aromatic heterocycles. The summed E-state index contributed by atoms with van der Waals surface area (Å²) >= 11 is 6.14. The quantitative estimate of drug-likeness (QED) is 0.636. The SMILES string of the molecule is CN=C(NC)NCCc1ccc(OC)cc1Cl. The fraction of sp³-hybridized carbons (Fsp3) is 0.417. The average Bonchev–Trinajstić information content (AvgIpc) is 2.36. The van der Waals surface area contributed by atoms with Crippen LogP contribution in [0.25, 0.3) is 0 Å². The number of ether oxygens (including phenoxy) is 1. The van der Waals surface area contributed by atoms with Crippen LogP contribution in [0.3, 0.4) is 0 Å². The lowest BCUT2D eigenvalue weighted by molar-refractivity contribution is 0.414. The Morgan fingerprint density at radius 3 is 2.76 bits per heavy atom. The molecule has 0 saturated heterocycles. The molecular weight excluding hydrogens is 238 g/mol. The van der Waals surface area contributed by atoms with E-state index in [1.54, 1.807) is 14.2 Å². The van der Waals surface area contributed by atoms with Crippen LogP contribution in [0.4, 0.5) is 0 Å². The largest absolute Gasteiger partial charge is 0.497 e. The lowest BCUT2D eigenvalue weighted by atomic mass is 10.1. The summed E-state index contributed by atoms with van der Waals surface area (Å²) in [6.07, 6.45) is 0.837. The summed E-state index contributed by atoms with van der Waals surface area (Å²) in [7, 11) is 5.19. The number of halogens is 1. The number of methoxy groups -OCH3 is 1. The number of nitrogens with zero attached hydrogens (tertiary/aromatic N) is 1. The Balaban J connectivity index is 2.52. The fourth-order valence-corrected chi connectivity index (χ4v) is 1.72. The maximum atomic E-state index is 6.14. The molecule has 1 aromatic rings. The number of hydrogen-bond donors (Lipinski definition) is 2. The standard InChI is InChI=1S/C12H18ClN3O/c1-14-12(15-2)16-7-6-9-4-5-10(17-3)8-11(9)13/h4-5,8H,6-7H2,1-3H3,(H2,14,15,16). The van der Waals surface area contributed by atoms with E-state index >= 15 is 0 Å². The van der Waals surface area contributed by atoms with Gasteiger partial charge in [-0.15, -0.1) is 0 Å². The normalized spacial score (nSPS) is 11.2. The summed E-state index contributed by atoms with van der Waals surface area (Å²) in [6.45, 7) is 0.777. The van der Waals surface area contributed by atoms with Gasteiger partial charge in [0.1, 0.15) is 5.75 Å². The van der Waals surface area contributed by atoms with E-state index in [1.807, 2.05) is 25.2 Å². The highest BCUT2D eigenvalue weighted by atomic mass is 35.5. The highest BCUT2D eigenvalue weighted by molar-refractivity contribution is 6.31. The first kappa shape index (κ1) is 13.6. The molecule has 4 nitrogen and oxygen atoms in total. The van der Waals surface area contributed by atoms with Crippen molar-refractivity contribution in [1.29, 1.82) is 0 Å². The van der Waals surface area contributed by atoms with Gasteiger partial charge in [0.25, 0.3) is 0 Å². The Kier molecular flexibility index (Phi) is 5.63. The van der Waals surface area contributed by atoms with E-state index < -0.39 is 0 Å². The highest BCUT2D eigenvalue weighted by Crippen LogP contribution is 2.22. The van der Waals surface area contributed by atoms with Crippen molar-refractivity contribution in [3.05, 3.63) is 28.8 Å². The summed E-state index contributed by atoms with van der Waals surface area (Å²) < 4.78 is 5.10. The maximum Gasteiger partial charge on any atom is 0.190 e. The van der Waals surface area contributed by atoms with Gasteiger partial charge in [-0.05, 0) is 24.1 Å². The maximum absolute atomic E-state index is 6.14. The molecule has 1 aromatic carbocycles. The minimum Gasteiger partial charge on any atom is -0.497 e. The second kappa shape index (κ2) is 7.01.